The summed E-state index contributed by atoms with van der Waals surface area (Å²) < 4.78 is 34.6. The van der Waals surface area contributed by atoms with Gasteiger partial charge in [0.15, 0.2) is 0 Å². The summed E-state index contributed by atoms with van der Waals surface area (Å²) in [6, 6.07) is 7.42. The number of rotatable bonds is 4. The van der Waals surface area contributed by atoms with E-state index in [4.69, 9.17) is 9.29 Å². The molecule has 2 N–H and O–H groups in total. The van der Waals surface area contributed by atoms with E-state index in [0.29, 0.717) is 6.10 Å². The van der Waals surface area contributed by atoms with Gasteiger partial charge < -0.3 is 10.1 Å². The van der Waals surface area contributed by atoms with Crippen molar-refractivity contribution >= 4 is 10.1 Å². The monoisotopic (exact) mass is 273 g/mol. The molecule has 1 aromatic rings. The number of benzene rings is 1. The maximum Gasteiger partial charge on any atom is 0.294 e. The molecule has 1 aliphatic rings. The second-order valence-corrected chi connectivity index (χ2v) is 5.36. The molecule has 18 heavy (non-hydrogen) atoms. The Balaban J connectivity index is 0.000000184. The van der Waals surface area contributed by atoms with Gasteiger partial charge in [0.2, 0.25) is 0 Å². The predicted octanol–water partition coefficient (Wildman–Crippen LogP) is 1.32. The molecule has 0 unspecified atom stereocenters. The summed E-state index contributed by atoms with van der Waals surface area (Å²) in [5.74, 6) is 0. The molecule has 1 fully saturated rings. The molecule has 0 amide bonds. The van der Waals surface area contributed by atoms with Crippen molar-refractivity contribution < 1.29 is 17.7 Å². The second kappa shape index (κ2) is 7.48. The minimum absolute atomic E-state index is 0.0741. The minimum atomic E-state index is -4.00. The Morgan fingerprint density at radius 3 is 2.28 bits per heavy atom. The maximum atomic E-state index is 10.4. The Morgan fingerprint density at radius 1 is 1.33 bits per heavy atom. The van der Waals surface area contributed by atoms with Gasteiger partial charge in [-0.3, -0.25) is 4.55 Å². The van der Waals surface area contributed by atoms with Gasteiger partial charge in [-0.05, 0) is 18.6 Å². The summed E-state index contributed by atoms with van der Waals surface area (Å²) in [6.07, 6.45) is 1.66. The third-order valence-electron chi connectivity index (χ3n) is 2.34. The number of hydrogen-bond acceptors (Lipinski definition) is 4. The lowest BCUT2D eigenvalue weighted by Gasteiger charge is -2.26. The zero-order valence-corrected chi connectivity index (χ0v) is 11.2. The quantitative estimate of drug-likeness (QED) is 0.809. The van der Waals surface area contributed by atoms with Crippen LogP contribution in [-0.2, 0) is 14.9 Å². The van der Waals surface area contributed by atoms with Crippen molar-refractivity contribution in [3.8, 4) is 0 Å². The van der Waals surface area contributed by atoms with Gasteiger partial charge in [0.25, 0.3) is 10.1 Å². The molecule has 6 heteroatoms. The van der Waals surface area contributed by atoms with Gasteiger partial charge in [-0.2, -0.15) is 8.42 Å². The summed E-state index contributed by atoms with van der Waals surface area (Å²) >= 11 is 0. The molecule has 0 aromatic heterocycles. The van der Waals surface area contributed by atoms with Gasteiger partial charge in [0.05, 0.1) is 11.0 Å². The standard InChI is InChI=1S/C6H13NO.C6H6O3S/c1-2-3-8-6-4-7-5-6;7-10(8,9)6-4-2-1-3-5-6/h6-7H,2-5H2,1H3;1-5H,(H,7,8,9). The molecule has 0 saturated carbocycles. The maximum absolute atomic E-state index is 10.4. The first-order valence-corrected chi connectivity index (χ1v) is 7.33. The van der Waals surface area contributed by atoms with Crippen molar-refractivity contribution in [2.75, 3.05) is 19.7 Å². The minimum Gasteiger partial charge on any atom is -0.376 e. The normalized spacial score (nSPS) is 15.4. The van der Waals surface area contributed by atoms with Crippen molar-refractivity contribution in [1.82, 2.24) is 5.32 Å². The lowest BCUT2D eigenvalue weighted by atomic mass is 10.2. The predicted molar refractivity (Wildman–Crippen MR) is 69.2 cm³/mol. The van der Waals surface area contributed by atoms with Crippen LogP contribution in [-0.4, -0.2) is 38.8 Å². The fraction of sp³-hybridized carbons (Fsp3) is 0.500. The lowest BCUT2D eigenvalue weighted by molar-refractivity contribution is 0.0194. The zero-order valence-electron chi connectivity index (χ0n) is 10.4. The third kappa shape index (κ3) is 5.59. The molecule has 1 aliphatic heterocycles. The van der Waals surface area contributed by atoms with Gasteiger partial charge >= 0.3 is 0 Å². The van der Waals surface area contributed by atoms with Crippen molar-refractivity contribution in [3.63, 3.8) is 0 Å². The molecule has 0 bridgehead atoms. The first-order valence-electron chi connectivity index (χ1n) is 5.89. The Morgan fingerprint density at radius 2 is 1.94 bits per heavy atom. The Kier molecular flexibility index (Phi) is 6.28. The highest BCUT2D eigenvalue weighted by atomic mass is 32.2. The second-order valence-electron chi connectivity index (χ2n) is 3.94. The summed E-state index contributed by atoms with van der Waals surface area (Å²) in [5.41, 5.74) is 0. The van der Waals surface area contributed by atoms with Gasteiger partial charge in [0, 0.05) is 19.7 Å². The highest BCUT2D eigenvalue weighted by Crippen LogP contribution is 2.05. The number of ether oxygens (including phenoxy) is 1. The van der Waals surface area contributed by atoms with Crippen LogP contribution in [0.25, 0.3) is 0 Å². The van der Waals surface area contributed by atoms with E-state index in [0.717, 1.165) is 26.1 Å². The number of hydrogen-bond donors (Lipinski definition) is 2. The zero-order chi connectivity index (χ0) is 13.4. The summed E-state index contributed by atoms with van der Waals surface area (Å²) in [6.45, 7) is 5.17. The molecule has 0 spiro atoms. The van der Waals surface area contributed by atoms with E-state index in [9.17, 15) is 8.42 Å². The Hall–Kier alpha value is -0.950. The van der Waals surface area contributed by atoms with Crippen LogP contribution in [0.3, 0.4) is 0 Å². The van der Waals surface area contributed by atoms with E-state index in [-0.39, 0.29) is 4.90 Å². The third-order valence-corrected chi connectivity index (χ3v) is 3.21. The first-order chi connectivity index (χ1) is 8.54. The summed E-state index contributed by atoms with van der Waals surface area (Å²) in [5, 5.41) is 3.15. The molecular weight excluding hydrogens is 254 g/mol. The van der Waals surface area contributed by atoms with Crippen molar-refractivity contribution in [3.05, 3.63) is 30.3 Å². The van der Waals surface area contributed by atoms with Crippen LogP contribution in [0.2, 0.25) is 0 Å². The van der Waals surface area contributed by atoms with Crippen molar-refractivity contribution in [2.45, 2.75) is 24.3 Å². The van der Waals surface area contributed by atoms with Crippen LogP contribution in [0.15, 0.2) is 35.2 Å². The highest BCUT2D eigenvalue weighted by molar-refractivity contribution is 7.85. The smallest absolute Gasteiger partial charge is 0.294 e. The van der Waals surface area contributed by atoms with Gasteiger partial charge in [-0.1, -0.05) is 25.1 Å². The Bertz CT molecular complexity index is 429. The van der Waals surface area contributed by atoms with E-state index in [1.165, 1.54) is 12.1 Å². The molecule has 0 atom stereocenters. The van der Waals surface area contributed by atoms with Gasteiger partial charge in [0.1, 0.15) is 0 Å². The van der Waals surface area contributed by atoms with Crippen molar-refractivity contribution in [1.29, 1.82) is 0 Å². The van der Waals surface area contributed by atoms with E-state index in [1.54, 1.807) is 18.2 Å². The summed E-state index contributed by atoms with van der Waals surface area (Å²) in [7, 11) is -4.00. The van der Waals surface area contributed by atoms with Crippen LogP contribution < -0.4 is 5.32 Å². The van der Waals surface area contributed by atoms with E-state index < -0.39 is 10.1 Å². The van der Waals surface area contributed by atoms with Gasteiger partial charge in [-0.15, -0.1) is 0 Å². The average molecular weight is 273 g/mol. The van der Waals surface area contributed by atoms with Crippen molar-refractivity contribution in [2.24, 2.45) is 0 Å². The fourth-order valence-electron chi connectivity index (χ4n) is 1.26. The van der Waals surface area contributed by atoms with Crippen LogP contribution in [0.5, 0.6) is 0 Å². The molecule has 1 saturated heterocycles. The van der Waals surface area contributed by atoms with E-state index in [2.05, 4.69) is 12.2 Å². The topological polar surface area (TPSA) is 75.6 Å². The largest absolute Gasteiger partial charge is 0.376 e. The Labute approximate surface area is 108 Å². The fourth-order valence-corrected chi connectivity index (χ4v) is 1.76. The van der Waals surface area contributed by atoms with Crippen LogP contribution in [0, 0.1) is 0 Å². The van der Waals surface area contributed by atoms with Crippen LogP contribution >= 0.6 is 0 Å². The molecule has 1 aromatic carbocycles. The highest BCUT2D eigenvalue weighted by Gasteiger charge is 2.15. The van der Waals surface area contributed by atoms with Gasteiger partial charge in [-0.25, -0.2) is 0 Å². The van der Waals surface area contributed by atoms with E-state index >= 15 is 0 Å². The number of nitrogens with one attached hydrogen (secondary N) is 1. The van der Waals surface area contributed by atoms with Crippen LogP contribution in [0.4, 0.5) is 0 Å². The molecule has 0 radical (unpaired) electrons. The molecule has 0 aliphatic carbocycles. The lowest BCUT2D eigenvalue weighted by Crippen LogP contribution is -2.48. The van der Waals surface area contributed by atoms with E-state index in [1.807, 2.05) is 0 Å². The molecule has 102 valence electrons. The molecule has 2 rings (SSSR count). The first kappa shape index (κ1) is 15.1. The molecular formula is C12H19NO4S. The average Bonchev–Trinajstić information content (AvgIpc) is 2.28. The van der Waals surface area contributed by atoms with Crippen LogP contribution in [0.1, 0.15) is 13.3 Å². The molecule has 1 heterocycles. The SMILES string of the molecule is CCCOC1CNC1.O=S(=O)(O)c1ccccc1. The molecule has 5 nitrogen and oxygen atoms in total. The summed E-state index contributed by atoms with van der Waals surface area (Å²) in [4.78, 5) is -0.0741.